The van der Waals surface area contributed by atoms with Crippen molar-refractivity contribution in [2.24, 2.45) is 0 Å². The maximum Gasteiger partial charge on any atom is 0.167 e. The van der Waals surface area contributed by atoms with Crippen LogP contribution in [0.3, 0.4) is 0 Å². The first-order chi connectivity index (χ1) is 8.58. The molecular weight excluding hydrogens is 403 g/mol. The summed E-state index contributed by atoms with van der Waals surface area (Å²) in [5.41, 5.74) is 2.86. The van der Waals surface area contributed by atoms with Crippen LogP contribution >= 0.6 is 38.5 Å². The van der Waals surface area contributed by atoms with E-state index in [-0.39, 0.29) is 5.78 Å². The zero-order valence-corrected chi connectivity index (χ0v) is 13.7. The van der Waals surface area contributed by atoms with Crippen molar-refractivity contribution in [3.63, 3.8) is 0 Å². The van der Waals surface area contributed by atoms with Crippen LogP contribution in [0, 0.1) is 10.5 Å². The van der Waals surface area contributed by atoms with Crippen molar-refractivity contribution in [2.45, 2.75) is 13.3 Å². The number of carbonyl (C=O) groups excluding carboxylic acids is 1. The summed E-state index contributed by atoms with van der Waals surface area (Å²) in [6, 6.07) is 13.8. The van der Waals surface area contributed by atoms with E-state index in [2.05, 4.69) is 38.5 Å². The third-order valence-electron chi connectivity index (χ3n) is 2.85. The molecule has 0 saturated heterocycles. The van der Waals surface area contributed by atoms with Crippen molar-refractivity contribution < 1.29 is 4.79 Å². The third-order valence-corrected chi connectivity index (χ3v) is 4.42. The number of carbonyl (C=O) groups is 1. The Morgan fingerprint density at radius 1 is 1.17 bits per heavy atom. The maximum absolute atomic E-state index is 12.2. The predicted molar refractivity (Wildman–Crippen MR) is 86.1 cm³/mol. The second kappa shape index (κ2) is 5.97. The summed E-state index contributed by atoms with van der Waals surface area (Å²) in [4.78, 5) is 12.2. The molecule has 92 valence electrons. The van der Waals surface area contributed by atoms with Gasteiger partial charge in [0.2, 0.25) is 0 Å². The molecule has 0 heterocycles. The molecule has 0 spiro atoms. The molecule has 2 aromatic carbocycles. The molecule has 0 saturated carbocycles. The highest BCUT2D eigenvalue weighted by Gasteiger charge is 2.11. The Bertz CT molecular complexity index is 576. The summed E-state index contributed by atoms with van der Waals surface area (Å²) >= 11 is 5.72. The van der Waals surface area contributed by atoms with Crippen LogP contribution in [0.2, 0.25) is 0 Å². The summed E-state index contributed by atoms with van der Waals surface area (Å²) < 4.78 is 2.17. The van der Waals surface area contributed by atoms with Crippen molar-refractivity contribution in [1.29, 1.82) is 0 Å². The standard InChI is InChI=1S/C15H12BrIO/c1-10-13(3-2-4-14(10)16)15(18)9-11-5-7-12(17)8-6-11/h2-8H,9H2,1H3. The Morgan fingerprint density at radius 2 is 1.83 bits per heavy atom. The van der Waals surface area contributed by atoms with Crippen LogP contribution in [0.1, 0.15) is 21.5 Å². The largest absolute Gasteiger partial charge is 0.294 e. The Labute approximate surface area is 129 Å². The average Bonchev–Trinajstić information content (AvgIpc) is 2.35. The highest BCUT2D eigenvalue weighted by atomic mass is 127. The van der Waals surface area contributed by atoms with E-state index in [1.165, 1.54) is 3.57 Å². The van der Waals surface area contributed by atoms with E-state index in [4.69, 9.17) is 0 Å². The molecule has 0 fully saturated rings. The van der Waals surface area contributed by atoms with Crippen LogP contribution in [-0.4, -0.2) is 5.78 Å². The van der Waals surface area contributed by atoms with Gasteiger partial charge in [0.1, 0.15) is 0 Å². The van der Waals surface area contributed by atoms with E-state index < -0.39 is 0 Å². The van der Waals surface area contributed by atoms with Crippen LogP contribution < -0.4 is 0 Å². The first-order valence-electron chi connectivity index (χ1n) is 5.60. The van der Waals surface area contributed by atoms with Gasteiger partial charge in [-0.2, -0.15) is 0 Å². The number of halogens is 2. The van der Waals surface area contributed by atoms with E-state index in [9.17, 15) is 4.79 Å². The van der Waals surface area contributed by atoms with Gasteiger partial charge in [0.25, 0.3) is 0 Å². The highest BCUT2D eigenvalue weighted by Crippen LogP contribution is 2.21. The number of hydrogen-bond acceptors (Lipinski definition) is 1. The number of Topliss-reactive ketones (excluding diaryl/α,β-unsaturated/α-hetero) is 1. The van der Waals surface area contributed by atoms with Gasteiger partial charge in [0.05, 0.1) is 0 Å². The molecule has 0 aliphatic carbocycles. The first-order valence-corrected chi connectivity index (χ1v) is 7.48. The quantitative estimate of drug-likeness (QED) is 0.521. The van der Waals surface area contributed by atoms with Crippen LogP contribution in [0.4, 0.5) is 0 Å². The normalized spacial score (nSPS) is 10.4. The van der Waals surface area contributed by atoms with Gasteiger partial charge in [0, 0.05) is 20.0 Å². The van der Waals surface area contributed by atoms with E-state index in [0.29, 0.717) is 6.42 Å². The molecule has 0 aliphatic rings. The Balaban J connectivity index is 2.22. The number of ketones is 1. The molecule has 0 bridgehead atoms. The minimum absolute atomic E-state index is 0.162. The monoisotopic (exact) mass is 414 g/mol. The summed E-state index contributed by atoms with van der Waals surface area (Å²) in [6.07, 6.45) is 0.453. The molecule has 0 aromatic heterocycles. The van der Waals surface area contributed by atoms with Gasteiger partial charge in [0.15, 0.2) is 5.78 Å². The minimum Gasteiger partial charge on any atom is -0.294 e. The Kier molecular flexibility index (Phi) is 4.56. The van der Waals surface area contributed by atoms with E-state index in [1.54, 1.807) is 0 Å². The van der Waals surface area contributed by atoms with Crippen LogP contribution in [0.15, 0.2) is 46.9 Å². The predicted octanol–water partition coefficient (Wildman–Crippen LogP) is 4.79. The van der Waals surface area contributed by atoms with Crippen molar-refractivity contribution in [3.05, 3.63) is 67.2 Å². The minimum atomic E-state index is 0.162. The molecule has 2 rings (SSSR count). The molecular formula is C15H12BrIO. The smallest absolute Gasteiger partial charge is 0.167 e. The van der Waals surface area contributed by atoms with E-state index >= 15 is 0 Å². The lowest BCUT2D eigenvalue weighted by Gasteiger charge is -2.07. The zero-order chi connectivity index (χ0) is 13.1. The molecule has 0 amide bonds. The number of benzene rings is 2. The fraction of sp³-hybridized carbons (Fsp3) is 0.133. The van der Waals surface area contributed by atoms with Gasteiger partial charge in [-0.15, -0.1) is 0 Å². The van der Waals surface area contributed by atoms with E-state index in [1.807, 2.05) is 49.4 Å². The molecule has 18 heavy (non-hydrogen) atoms. The van der Waals surface area contributed by atoms with Crippen LogP contribution in [-0.2, 0) is 6.42 Å². The molecule has 0 unspecified atom stereocenters. The Morgan fingerprint density at radius 3 is 2.50 bits per heavy atom. The zero-order valence-electron chi connectivity index (χ0n) is 9.91. The summed E-state index contributed by atoms with van der Waals surface area (Å²) in [6.45, 7) is 1.96. The van der Waals surface area contributed by atoms with E-state index in [0.717, 1.165) is 21.2 Å². The highest BCUT2D eigenvalue weighted by molar-refractivity contribution is 14.1. The first kappa shape index (κ1) is 13.7. The van der Waals surface area contributed by atoms with Crippen molar-refractivity contribution in [2.75, 3.05) is 0 Å². The summed E-state index contributed by atoms with van der Waals surface area (Å²) in [7, 11) is 0. The summed E-state index contributed by atoms with van der Waals surface area (Å²) in [5, 5.41) is 0. The van der Waals surface area contributed by atoms with Crippen molar-refractivity contribution >= 4 is 44.3 Å². The topological polar surface area (TPSA) is 17.1 Å². The molecule has 0 radical (unpaired) electrons. The lowest BCUT2D eigenvalue weighted by molar-refractivity contribution is 0.0992. The van der Waals surface area contributed by atoms with Crippen LogP contribution in [0.5, 0.6) is 0 Å². The maximum atomic E-state index is 12.2. The van der Waals surface area contributed by atoms with Gasteiger partial charge >= 0.3 is 0 Å². The molecule has 0 atom stereocenters. The second-order valence-corrected chi connectivity index (χ2v) is 6.24. The average molecular weight is 415 g/mol. The molecule has 0 N–H and O–H groups in total. The SMILES string of the molecule is Cc1c(Br)cccc1C(=O)Cc1ccc(I)cc1. The lowest BCUT2D eigenvalue weighted by Crippen LogP contribution is -2.05. The Hall–Kier alpha value is -0.680. The molecule has 3 heteroatoms. The van der Waals surface area contributed by atoms with Gasteiger partial charge in [-0.3, -0.25) is 4.79 Å². The van der Waals surface area contributed by atoms with Crippen molar-refractivity contribution in [3.8, 4) is 0 Å². The summed E-state index contributed by atoms with van der Waals surface area (Å²) in [5.74, 6) is 0.162. The lowest BCUT2D eigenvalue weighted by atomic mass is 9.99. The molecule has 1 nitrogen and oxygen atoms in total. The number of hydrogen-bond donors (Lipinski definition) is 0. The van der Waals surface area contributed by atoms with Gasteiger partial charge in [-0.05, 0) is 58.8 Å². The van der Waals surface area contributed by atoms with Crippen LogP contribution in [0.25, 0.3) is 0 Å². The fourth-order valence-electron chi connectivity index (χ4n) is 1.79. The van der Waals surface area contributed by atoms with Gasteiger partial charge in [-0.1, -0.05) is 40.2 Å². The van der Waals surface area contributed by atoms with Crippen molar-refractivity contribution in [1.82, 2.24) is 0 Å². The fourth-order valence-corrected chi connectivity index (χ4v) is 2.52. The van der Waals surface area contributed by atoms with Gasteiger partial charge < -0.3 is 0 Å². The number of rotatable bonds is 3. The molecule has 0 aliphatic heterocycles. The molecule has 2 aromatic rings. The van der Waals surface area contributed by atoms with Gasteiger partial charge in [-0.25, -0.2) is 0 Å². The third kappa shape index (κ3) is 3.20. The second-order valence-electron chi connectivity index (χ2n) is 4.14.